The monoisotopic (exact) mass is 374 g/mol. The molecule has 0 aliphatic heterocycles. The van der Waals surface area contributed by atoms with E-state index in [9.17, 15) is 0 Å². The van der Waals surface area contributed by atoms with Crippen molar-refractivity contribution in [3.8, 4) is 0 Å². The standard InChI is InChI=1S/C28H38/c1-5-7-9-17-23-27(3,25-19-13-11-14-20-25)28(4,24-18-10-8-6-2)26-21-15-12-16-22-26/h5-6,11-16,19-22H,1-2,7-10,17-18,23-24H2,3-4H3/t27-,28-/m0/s1. The Morgan fingerprint density at radius 2 is 0.964 bits per heavy atom. The first kappa shape index (κ1) is 22.2. The maximum absolute atomic E-state index is 3.90. The number of benzene rings is 2. The van der Waals surface area contributed by atoms with Crippen molar-refractivity contribution in [3.63, 3.8) is 0 Å². The quantitative estimate of drug-likeness (QED) is 0.244. The third kappa shape index (κ3) is 5.25. The van der Waals surface area contributed by atoms with E-state index in [4.69, 9.17) is 0 Å². The summed E-state index contributed by atoms with van der Waals surface area (Å²) >= 11 is 0. The summed E-state index contributed by atoms with van der Waals surface area (Å²) in [6.07, 6.45) is 13.6. The summed E-state index contributed by atoms with van der Waals surface area (Å²) in [7, 11) is 0. The van der Waals surface area contributed by atoms with Gasteiger partial charge in [0, 0.05) is 10.8 Å². The SMILES string of the molecule is C=CCCCC[C@@](C)(c1ccccc1)[C@@](C)(CCCCC=C)c1ccccc1. The Balaban J connectivity index is 2.44. The van der Waals surface area contributed by atoms with Crippen LogP contribution in [0.15, 0.2) is 86.0 Å². The Hall–Kier alpha value is -2.08. The molecular weight excluding hydrogens is 336 g/mol. The molecule has 0 fully saturated rings. The minimum atomic E-state index is 0.0883. The predicted octanol–water partition coefficient (Wildman–Crippen LogP) is 8.40. The molecule has 0 nitrogen and oxygen atoms in total. The van der Waals surface area contributed by atoms with E-state index in [2.05, 4.69) is 87.7 Å². The van der Waals surface area contributed by atoms with E-state index in [-0.39, 0.29) is 10.8 Å². The average molecular weight is 375 g/mol. The van der Waals surface area contributed by atoms with Crippen LogP contribution in [0.3, 0.4) is 0 Å². The van der Waals surface area contributed by atoms with Gasteiger partial charge in [0.15, 0.2) is 0 Å². The number of allylic oxidation sites excluding steroid dienone is 2. The molecule has 0 heteroatoms. The fourth-order valence-electron chi connectivity index (χ4n) is 4.62. The van der Waals surface area contributed by atoms with Gasteiger partial charge in [-0.25, -0.2) is 0 Å². The molecule has 0 aliphatic rings. The van der Waals surface area contributed by atoms with Gasteiger partial charge in [-0.15, -0.1) is 13.2 Å². The van der Waals surface area contributed by atoms with Gasteiger partial charge in [0.05, 0.1) is 0 Å². The molecule has 0 heterocycles. The lowest BCUT2D eigenvalue weighted by atomic mass is 9.55. The highest BCUT2D eigenvalue weighted by Crippen LogP contribution is 2.50. The highest BCUT2D eigenvalue weighted by Gasteiger charge is 2.45. The van der Waals surface area contributed by atoms with Crippen LogP contribution in [-0.2, 0) is 10.8 Å². The second-order valence-corrected chi connectivity index (χ2v) is 8.47. The molecule has 150 valence electrons. The maximum Gasteiger partial charge on any atom is 0.00189 e. The molecule has 0 amide bonds. The predicted molar refractivity (Wildman–Crippen MR) is 125 cm³/mol. The van der Waals surface area contributed by atoms with Crippen LogP contribution < -0.4 is 0 Å². The Bertz CT molecular complexity index is 636. The first-order valence-corrected chi connectivity index (χ1v) is 10.9. The van der Waals surface area contributed by atoms with E-state index in [0.29, 0.717) is 0 Å². The third-order valence-corrected chi connectivity index (χ3v) is 6.71. The molecule has 0 saturated heterocycles. The number of hydrogen-bond acceptors (Lipinski definition) is 0. The molecule has 0 aromatic heterocycles. The molecule has 2 aromatic carbocycles. The van der Waals surface area contributed by atoms with Crippen molar-refractivity contribution in [3.05, 3.63) is 97.1 Å². The molecule has 0 bridgehead atoms. The Kier molecular flexibility index (Phi) is 8.77. The van der Waals surface area contributed by atoms with Crippen molar-refractivity contribution in [1.82, 2.24) is 0 Å². The molecule has 0 unspecified atom stereocenters. The van der Waals surface area contributed by atoms with Gasteiger partial charge in [-0.1, -0.05) is 99.5 Å². The fourth-order valence-corrected chi connectivity index (χ4v) is 4.62. The van der Waals surface area contributed by atoms with Gasteiger partial charge >= 0.3 is 0 Å². The summed E-state index contributed by atoms with van der Waals surface area (Å²) < 4.78 is 0. The fraction of sp³-hybridized carbons (Fsp3) is 0.429. The summed E-state index contributed by atoms with van der Waals surface area (Å²) in [6, 6.07) is 22.4. The Morgan fingerprint density at radius 1 is 0.607 bits per heavy atom. The molecule has 0 spiro atoms. The summed E-state index contributed by atoms with van der Waals surface area (Å²) in [5, 5.41) is 0. The van der Waals surface area contributed by atoms with Crippen molar-refractivity contribution in [2.24, 2.45) is 0 Å². The molecule has 0 N–H and O–H groups in total. The Labute approximate surface area is 173 Å². The first-order chi connectivity index (χ1) is 13.6. The lowest BCUT2D eigenvalue weighted by Gasteiger charge is -2.48. The van der Waals surface area contributed by atoms with E-state index in [1.54, 1.807) is 0 Å². The topological polar surface area (TPSA) is 0 Å². The van der Waals surface area contributed by atoms with E-state index in [1.165, 1.54) is 49.7 Å². The van der Waals surface area contributed by atoms with Crippen molar-refractivity contribution in [2.45, 2.75) is 76.0 Å². The summed E-state index contributed by atoms with van der Waals surface area (Å²) in [4.78, 5) is 0. The van der Waals surface area contributed by atoms with E-state index >= 15 is 0 Å². The zero-order valence-corrected chi connectivity index (χ0v) is 18.0. The highest BCUT2D eigenvalue weighted by atomic mass is 14.5. The Morgan fingerprint density at radius 3 is 1.29 bits per heavy atom. The molecule has 28 heavy (non-hydrogen) atoms. The molecule has 0 saturated carbocycles. The molecule has 2 aromatic rings. The molecule has 2 rings (SSSR count). The summed E-state index contributed by atoms with van der Waals surface area (Å²) in [5.74, 6) is 0. The van der Waals surface area contributed by atoms with Gasteiger partial charge in [-0.3, -0.25) is 0 Å². The zero-order chi connectivity index (χ0) is 20.3. The molecule has 0 aliphatic carbocycles. The van der Waals surface area contributed by atoms with Crippen LogP contribution in [0.4, 0.5) is 0 Å². The van der Waals surface area contributed by atoms with Gasteiger partial charge in [0.2, 0.25) is 0 Å². The number of unbranched alkanes of at least 4 members (excludes halogenated alkanes) is 4. The van der Waals surface area contributed by atoms with Crippen LogP contribution in [0.25, 0.3) is 0 Å². The van der Waals surface area contributed by atoms with E-state index < -0.39 is 0 Å². The minimum absolute atomic E-state index is 0.0883. The molecular formula is C28H38. The van der Waals surface area contributed by atoms with Crippen LogP contribution in [0, 0.1) is 0 Å². The van der Waals surface area contributed by atoms with Gasteiger partial charge < -0.3 is 0 Å². The van der Waals surface area contributed by atoms with Crippen molar-refractivity contribution >= 4 is 0 Å². The first-order valence-electron chi connectivity index (χ1n) is 10.9. The van der Waals surface area contributed by atoms with Crippen LogP contribution in [0.2, 0.25) is 0 Å². The van der Waals surface area contributed by atoms with Gasteiger partial charge in [0.1, 0.15) is 0 Å². The normalized spacial score (nSPS) is 15.4. The van der Waals surface area contributed by atoms with Crippen LogP contribution in [-0.4, -0.2) is 0 Å². The summed E-state index contributed by atoms with van der Waals surface area (Å²) in [5.41, 5.74) is 3.10. The maximum atomic E-state index is 3.90. The largest absolute Gasteiger partial charge is 0.103 e. The smallest absolute Gasteiger partial charge is 0.00189 e. The third-order valence-electron chi connectivity index (χ3n) is 6.71. The van der Waals surface area contributed by atoms with Crippen molar-refractivity contribution in [2.75, 3.05) is 0 Å². The highest BCUT2D eigenvalue weighted by molar-refractivity contribution is 5.37. The average Bonchev–Trinajstić information content (AvgIpc) is 2.75. The lowest BCUT2D eigenvalue weighted by Crippen LogP contribution is -2.45. The van der Waals surface area contributed by atoms with Crippen LogP contribution >= 0.6 is 0 Å². The van der Waals surface area contributed by atoms with E-state index in [1.807, 2.05) is 12.2 Å². The van der Waals surface area contributed by atoms with Crippen LogP contribution in [0.1, 0.15) is 76.3 Å². The van der Waals surface area contributed by atoms with Crippen molar-refractivity contribution < 1.29 is 0 Å². The number of rotatable bonds is 13. The zero-order valence-electron chi connectivity index (χ0n) is 18.0. The van der Waals surface area contributed by atoms with E-state index in [0.717, 1.165) is 12.8 Å². The second-order valence-electron chi connectivity index (χ2n) is 8.47. The van der Waals surface area contributed by atoms with Gasteiger partial charge in [-0.2, -0.15) is 0 Å². The lowest BCUT2D eigenvalue weighted by molar-refractivity contribution is 0.209. The second kappa shape index (κ2) is 11.1. The number of hydrogen-bond donors (Lipinski definition) is 0. The van der Waals surface area contributed by atoms with Gasteiger partial charge in [-0.05, 0) is 49.7 Å². The molecule has 0 radical (unpaired) electrons. The molecule has 2 atom stereocenters. The van der Waals surface area contributed by atoms with Gasteiger partial charge in [0.25, 0.3) is 0 Å². The van der Waals surface area contributed by atoms with Crippen LogP contribution in [0.5, 0.6) is 0 Å². The summed E-state index contributed by atoms with van der Waals surface area (Å²) in [6.45, 7) is 12.8. The minimum Gasteiger partial charge on any atom is -0.103 e. The van der Waals surface area contributed by atoms with Crippen molar-refractivity contribution in [1.29, 1.82) is 0 Å².